The van der Waals surface area contributed by atoms with Gasteiger partial charge in [-0.2, -0.15) is 0 Å². The maximum Gasteiger partial charge on any atom is 0.282 e. The summed E-state index contributed by atoms with van der Waals surface area (Å²) in [7, 11) is 0. The second-order valence-electron chi connectivity index (χ2n) is 6.67. The van der Waals surface area contributed by atoms with Crippen LogP contribution in [0.15, 0.2) is 28.8 Å². The quantitative estimate of drug-likeness (QED) is 0.584. The lowest BCUT2D eigenvalue weighted by Crippen LogP contribution is -2.39. The molecular weight excluding hydrogens is 419 g/mol. The minimum Gasteiger partial charge on any atom is -0.379 e. The van der Waals surface area contributed by atoms with E-state index in [2.05, 4.69) is 15.0 Å². The molecule has 3 aromatic rings. The molecule has 0 spiro atoms. The molecule has 1 aliphatic rings. The van der Waals surface area contributed by atoms with Crippen LogP contribution in [0, 0.1) is 12.7 Å². The van der Waals surface area contributed by atoms with Crippen LogP contribution in [0.4, 0.5) is 9.52 Å². The molecule has 0 saturated carbocycles. The number of hydrogen-bond acceptors (Lipinski definition) is 7. The van der Waals surface area contributed by atoms with Crippen LogP contribution in [0.1, 0.15) is 22.7 Å². The van der Waals surface area contributed by atoms with Gasteiger partial charge in [-0.25, -0.2) is 9.37 Å². The standard InChI is InChI=1S/C19H21FN4O3S.ClH/c1-13-12-15(22-27-13)18(25)24(7-3-6-23-8-10-26-11-9-23)19-21-17-14(20)4-2-5-16(17)28-19;/h2,4-5,12H,3,6-11H2,1H3;1H. The smallest absolute Gasteiger partial charge is 0.282 e. The number of anilines is 1. The molecule has 2 aromatic heterocycles. The van der Waals surface area contributed by atoms with Crippen LogP contribution in [-0.2, 0) is 4.74 Å². The topological polar surface area (TPSA) is 71.7 Å². The molecule has 1 aromatic carbocycles. The van der Waals surface area contributed by atoms with Gasteiger partial charge in [0, 0.05) is 32.2 Å². The molecule has 0 bridgehead atoms. The highest BCUT2D eigenvalue weighted by atomic mass is 35.5. The van der Waals surface area contributed by atoms with Gasteiger partial charge in [0.15, 0.2) is 10.8 Å². The van der Waals surface area contributed by atoms with Gasteiger partial charge in [0.05, 0.1) is 17.9 Å². The van der Waals surface area contributed by atoms with Crippen molar-refractivity contribution in [3.05, 3.63) is 41.5 Å². The van der Waals surface area contributed by atoms with E-state index >= 15 is 0 Å². The molecule has 156 valence electrons. The molecule has 0 unspecified atom stereocenters. The van der Waals surface area contributed by atoms with Crippen molar-refractivity contribution in [2.24, 2.45) is 0 Å². The number of benzene rings is 1. The Morgan fingerprint density at radius 3 is 2.83 bits per heavy atom. The third kappa shape index (κ3) is 4.92. The first kappa shape index (κ1) is 21.6. The van der Waals surface area contributed by atoms with E-state index in [9.17, 15) is 9.18 Å². The Balaban J connectivity index is 0.00000240. The predicted octanol–water partition coefficient (Wildman–Crippen LogP) is 3.52. The van der Waals surface area contributed by atoms with Gasteiger partial charge in [0.1, 0.15) is 17.1 Å². The fourth-order valence-electron chi connectivity index (χ4n) is 3.19. The molecule has 4 rings (SSSR count). The van der Waals surface area contributed by atoms with E-state index in [-0.39, 0.29) is 29.5 Å². The molecule has 0 radical (unpaired) electrons. The van der Waals surface area contributed by atoms with Crippen molar-refractivity contribution in [2.45, 2.75) is 13.3 Å². The summed E-state index contributed by atoms with van der Waals surface area (Å²) in [6, 6.07) is 6.42. The summed E-state index contributed by atoms with van der Waals surface area (Å²) >= 11 is 1.30. The number of hydrogen-bond donors (Lipinski definition) is 0. The summed E-state index contributed by atoms with van der Waals surface area (Å²) in [5.74, 6) is -0.122. The summed E-state index contributed by atoms with van der Waals surface area (Å²) < 4.78 is 25.2. The van der Waals surface area contributed by atoms with Crippen LogP contribution in [0.5, 0.6) is 0 Å². The van der Waals surface area contributed by atoms with Gasteiger partial charge in [-0.3, -0.25) is 14.6 Å². The number of thiazole rings is 1. The molecular formula is C19H22ClFN4O3S. The molecule has 1 fully saturated rings. The van der Waals surface area contributed by atoms with Gasteiger partial charge in [0.2, 0.25) is 0 Å². The highest BCUT2D eigenvalue weighted by Crippen LogP contribution is 2.31. The van der Waals surface area contributed by atoms with Crippen LogP contribution < -0.4 is 4.90 Å². The zero-order valence-corrected chi connectivity index (χ0v) is 17.6. The molecule has 0 N–H and O–H groups in total. The molecule has 29 heavy (non-hydrogen) atoms. The molecule has 1 amide bonds. The largest absolute Gasteiger partial charge is 0.379 e. The number of halogens is 2. The van der Waals surface area contributed by atoms with Crippen LogP contribution in [0.3, 0.4) is 0 Å². The van der Waals surface area contributed by atoms with Gasteiger partial charge in [-0.05, 0) is 25.5 Å². The number of ether oxygens (including phenoxy) is 1. The number of rotatable bonds is 6. The maximum atomic E-state index is 14.1. The van der Waals surface area contributed by atoms with Crippen LogP contribution in [0.25, 0.3) is 10.2 Å². The average Bonchev–Trinajstić information content (AvgIpc) is 3.33. The number of carbonyl (C=O) groups excluding carboxylic acids is 1. The number of amides is 1. The predicted molar refractivity (Wildman–Crippen MR) is 112 cm³/mol. The first-order valence-corrected chi connectivity index (χ1v) is 10.0. The van der Waals surface area contributed by atoms with Crippen LogP contribution in [-0.4, -0.2) is 60.3 Å². The SMILES string of the molecule is Cc1cc(C(=O)N(CCCN2CCOCC2)c2nc3c(F)cccc3s2)no1.Cl. The molecule has 0 atom stereocenters. The Morgan fingerprint density at radius 1 is 1.34 bits per heavy atom. The Morgan fingerprint density at radius 2 is 2.14 bits per heavy atom. The van der Waals surface area contributed by atoms with E-state index in [0.717, 1.165) is 39.3 Å². The van der Waals surface area contributed by atoms with Gasteiger partial charge in [0.25, 0.3) is 5.91 Å². The zero-order valence-electron chi connectivity index (χ0n) is 16.0. The van der Waals surface area contributed by atoms with Crippen molar-refractivity contribution in [2.75, 3.05) is 44.3 Å². The van der Waals surface area contributed by atoms with E-state index in [1.165, 1.54) is 17.4 Å². The highest BCUT2D eigenvalue weighted by molar-refractivity contribution is 7.22. The highest BCUT2D eigenvalue weighted by Gasteiger charge is 2.24. The van der Waals surface area contributed by atoms with Crippen molar-refractivity contribution in [1.82, 2.24) is 15.0 Å². The summed E-state index contributed by atoms with van der Waals surface area (Å²) in [5.41, 5.74) is 0.508. The first-order valence-electron chi connectivity index (χ1n) is 9.22. The second-order valence-corrected chi connectivity index (χ2v) is 7.68. The number of nitrogens with zero attached hydrogens (tertiary/aromatic N) is 4. The average molecular weight is 441 g/mol. The number of fused-ring (bicyclic) bond motifs is 1. The van der Waals surface area contributed by atoms with Crippen LogP contribution in [0.2, 0.25) is 0 Å². The Kier molecular flexibility index (Phi) is 7.18. The fourth-order valence-corrected chi connectivity index (χ4v) is 4.19. The third-order valence-electron chi connectivity index (χ3n) is 4.64. The van der Waals surface area contributed by atoms with Crippen molar-refractivity contribution in [3.8, 4) is 0 Å². The van der Waals surface area contributed by atoms with Crippen molar-refractivity contribution in [3.63, 3.8) is 0 Å². The molecule has 10 heteroatoms. The minimum absolute atomic E-state index is 0. The van der Waals surface area contributed by atoms with E-state index in [4.69, 9.17) is 9.26 Å². The number of aromatic nitrogens is 2. The number of carbonyl (C=O) groups is 1. The van der Waals surface area contributed by atoms with Crippen molar-refractivity contribution < 1.29 is 18.4 Å². The van der Waals surface area contributed by atoms with E-state index in [1.54, 1.807) is 30.0 Å². The lowest BCUT2D eigenvalue weighted by Gasteiger charge is -2.27. The van der Waals surface area contributed by atoms with E-state index < -0.39 is 5.82 Å². The van der Waals surface area contributed by atoms with Gasteiger partial charge in [-0.1, -0.05) is 22.6 Å². The van der Waals surface area contributed by atoms with Gasteiger partial charge in [-0.15, -0.1) is 12.4 Å². The number of para-hydroxylation sites is 1. The van der Waals surface area contributed by atoms with E-state index in [1.807, 2.05) is 0 Å². The molecule has 7 nitrogen and oxygen atoms in total. The Hall–Kier alpha value is -2.07. The second kappa shape index (κ2) is 9.62. The summed E-state index contributed by atoms with van der Waals surface area (Å²) in [5, 5.41) is 4.31. The normalized spacial score (nSPS) is 14.7. The number of morpholine rings is 1. The zero-order chi connectivity index (χ0) is 19.5. The van der Waals surface area contributed by atoms with Crippen molar-refractivity contribution >= 4 is 45.0 Å². The lowest BCUT2D eigenvalue weighted by atomic mass is 10.3. The third-order valence-corrected chi connectivity index (χ3v) is 5.68. The maximum absolute atomic E-state index is 14.1. The minimum atomic E-state index is -0.391. The molecule has 0 aliphatic carbocycles. The number of aryl methyl sites for hydroxylation is 1. The molecule has 1 aliphatic heterocycles. The van der Waals surface area contributed by atoms with Gasteiger partial charge >= 0.3 is 0 Å². The van der Waals surface area contributed by atoms with Crippen LogP contribution >= 0.6 is 23.7 Å². The Labute approximate surface area is 177 Å². The monoisotopic (exact) mass is 440 g/mol. The first-order chi connectivity index (χ1) is 13.6. The van der Waals surface area contributed by atoms with Crippen molar-refractivity contribution in [1.29, 1.82) is 0 Å². The summed E-state index contributed by atoms with van der Waals surface area (Å²) in [4.78, 5) is 21.3. The lowest BCUT2D eigenvalue weighted by molar-refractivity contribution is 0.0376. The summed E-state index contributed by atoms with van der Waals surface area (Å²) in [6.45, 7) is 6.30. The van der Waals surface area contributed by atoms with E-state index in [0.29, 0.717) is 22.1 Å². The fraction of sp³-hybridized carbons (Fsp3) is 0.421. The summed E-state index contributed by atoms with van der Waals surface area (Å²) in [6.07, 6.45) is 0.765. The van der Waals surface area contributed by atoms with Gasteiger partial charge < -0.3 is 9.26 Å². The Bertz CT molecular complexity index is 973. The molecule has 1 saturated heterocycles. The molecule has 3 heterocycles.